The normalized spacial score (nSPS) is 16.1. The zero-order valence-corrected chi connectivity index (χ0v) is 7.21. The summed E-state index contributed by atoms with van der Waals surface area (Å²) in [4.78, 5) is 14.4. The molecule has 2 nitrogen and oxygen atoms in total. The zero-order chi connectivity index (χ0) is 8.55. The van der Waals surface area contributed by atoms with E-state index in [1.807, 2.05) is 0 Å². The summed E-state index contributed by atoms with van der Waals surface area (Å²) in [6.07, 6.45) is 4.72. The SMILES string of the molecule is O=Cc1cnc(Cl)cc1C1CC1. The number of aromatic nitrogens is 1. The summed E-state index contributed by atoms with van der Waals surface area (Å²) >= 11 is 5.72. The van der Waals surface area contributed by atoms with Crippen molar-refractivity contribution >= 4 is 17.9 Å². The lowest BCUT2D eigenvalue weighted by atomic mass is 10.1. The van der Waals surface area contributed by atoms with Crippen molar-refractivity contribution in [2.24, 2.45) is 0 Å². The molecular formula is C9H8ClNO. The van der Waals surface area contributed by atoms with Gasteiger partial charge in [0.05, 0.1) is 0 Å². The molecule has 2 rings (SSSR count). The molecule has 1 aliphatic rings. The quantitative estimate of drug-likeness (QED) is 0.518. The Hall–Kier alpha value is -0.890. The van der Waals surface area contributed by atoms with Crippen LogP contribution in [-0.4, -0.2) is 11.3 Å². The second-order valence-corrected chi connectivity index (χ2v) is 3.42. The average molecular weight is 182 g/mol. The lowest BCUT2D eigenvalue weighted by Crippen LogP contribution is -1.91. The summed E-state index contributed by atoms with van der Waals surface area (Å²) in [5.41, 5.74) is 1.74. The van der Waals surface area contributed by atoms with Crippen LogP contribution >= 0.6 is 11.6 Å². The van der Waals surface area contributed by atoms with Crippen molar-refractivity contribution in [2.45, 2.75) is 18.8 Å². The highest BCUT2D eigenvalue weighted by atomic mass is 35.5. The van der Waals surface area contributed by atoms with Gasteiger partial charge >= 0.3 is 0 Å². The Labute approximate surface area is 75.6 Å². The predicted molar refractivity (Wildman–Crippen MR) is 46.6 cm³/mol. The van der Waals surface area contributed by atoms with Gasteiger partial charge in [0.25, 0.3) is 0 Å². The summed E-state index contributed by atoms with van der Waals surface area (Å²) in [6, 6.07) is 1.79. The van der Waals surface area contributed by atoms with Gasteiger partial charge in [0.1, 0.15) is 5.15 Å². The minimum atomic E-state index is 0.475. The molecule has 0 unspecified atom stereocenters. The summed E-state index contributed by atoms with van der Waals surface area (Å²) in [5, 5.41) is 0.475. The molecule has 0 bridgehead atoms. The van der Waals surface area contributed by atoms with E-state index in [-0.39, 0.29) is 0 Å². The predicted octanol–water partition coefficient (Wildman–Crippen LogP) is 2.42. The van der Waals surface area contributed by atoms with E-state index >= 15 is 0 Å². The Morgan fingerprint density at radius 3 is 2.92 bits per heavy atom. The maximum atomic E-state index is 10.6. The number of carbonyl (C=O) groups excluding carboxylic acids is 1. The maximum Gasteiger partial charge on any atom is 0.151 e. The van der Waals surface area contributed by atoms with Crippen LogP contribution in [0.3, 0.4) is 0 Å². The molecule has 0 aliphatic heterocycles. The molecular weight excluding hydrogens is 174 g/mol. The van der Waals surface area contributed by atoms with Gasteiger partial charge in [0, 0.05) is 11.8 Å². The van der Waals surface area contributed by atoms with E-state index < -0.39 is 0 Å². The third-order valence-electron chi connectivity index (χ3n) is 2.08. The van der Waals surface area contributed by atoms with Gasteiger partial charge in [-0.2, -0.15) is 0 Å². The molecule has 12 heavy (non-hydrogen) atoms. The fraction of sp³-hybridized carbons (Fsp3) is 0.333. The molecule has 1 saturated carbocycles. The molecule has 0 atom stereocenters. The second-order valence-electron chi connectivity index (χ2n) is 3.03. The van der Waals surface area contributed by atoms with Crippen molar-refractivity contribution in [1.29, 1.82) is 0 Å². The van der Waals surface area contributed by atoms with Gasteiger partial charge in [-0.1, -0.05) is 11.6 Å². The number of aldehydes is 1. The van der Waals surface area contributed by atoms with Gasteiger partial charge in [0.2, 0.25) is 0 Å². The van der Waals surface area contributed by atoms with E-state index in [4.69, 9.17) is 11.6 Å². The molecule has 0 aromatic carbocycles. The van der Waals surface area contributed by atoms with Gasteiger partial charge in [-0.15, -0.1) is 0 Å². The first-order chi connectivity index (χ1) is 5.81. The van der Waals surface area contributed by atoms with Crippen LogP contribution in [0.2, 0.25) is 5.15 Å². The van der Waals surface area contributed by atoms with Crippen LogP contribution in [0.5, 0.6) is 0 Å². The highest BCUT2D eigenvalue weighted by molar-refractivity contribution is 6.29. The summed E-state index contributed by atoms with van der Waals surface area (Å²) in [5.74, 6) is 0.547. The van der Waals surface area contributed by atoms with Crippen LogP contribution in [0.25, 0.3) is 0 Å². The van der Waals surface area contributed by atoms with Crippen molar-refractivity contribution in [1.82, 2.24) is 4.98 Å². The lowest BCUT2D eigenvalue weighted by molar-refractivity contribution is 0.112. The Morgan fingerprint density at radius 2 is 2.33 bits per heavy atom. The van der Waals surface area contributed by atoms with E-state index in [0.717, 1.165) is 11.8 Å². The van der Waals surface area contributed by atoms with Crippen LogP contribution in [0.15, 0.2) is 12.3 Å². The van der Waals surface area contributed by atoms with Crippen molar-refractivity contribution in [3.8, 4) is 0 Å². The Kier molecular flexibility index (Phi) is 1.85. The smallest absolute Gasteiger partial charge is 0.151 e. The molecule has 0 amide bonds. The molecule has 3 heteroatoms. The van der Waals surface area contributed by atoms with Crippen molar-refractivity contribution < 1.29 is 4.79 Å². The fourth-order valence-corrected chi connectivity index (χ4v) is 1.47. The van der Waals surface area contributed by atoms with Crippen LogP contribution in [0, 0.1) is 0 Å². The third-order valence-corrected chi connectivity index (χ3v) is 2.29. The van der Waals surface area contributed by atoms with Gasteiger partial charge in [-0.25, -0.2) is 4.98 Å². The number of rotatable bonds is 2. The standard InChI is InChI=1S/C9H8ClNO/c10-9-3-8(6-1-2-6)7(5-12)4-11-9/h3-6H,1-2H2. The van der Waals surface area contributed by atoms with Crippen LogP contribution in [0.4, 0.5) is 0 Å². The topological polar surface area (TPSA) is 30.0 Å². The Morgan fingerprint density at radius 1 is 1.58 bits per heavy atom. The summed E-state index contributed by atoms with van der Waals surface area (Å²) in [6.45, 7) is 0. The Bertz CT molecular complexity index is 320. The molecule has 62 valence electrons. The number of carbonyl (C=O) groups is 1. The van der Waals surface area contributed by atoms with Crippen molar-refractivity contribution in [2.75, 3.05) is 0 Å². The average Bonchev–Trinajstić information content (AvgIpc) is 2.87. The first kappa shape index (κ1) is 7.74. The molecule has 0 spiro atoms. The second kappa shape index (κ2) is 2.87. The van der Waals surface area contributed by atoms with Crippen LogP contribution < -0.4 is 0 Å². The van der Waals surface area contributed by atoms with Gasteiger partial charge in [-0.05, 0) is 30.4 Å². The first-order valence-electron chi connectivity index (χ1n) is 3.92. The highest BCUT2D eigenvalue weighted by Crippen LogP contribution is 2.41. The van der Waals surface area contributed by atoms with Crippen molar-refractivity contribution in [3.63, 3.8) is 0 Å². The largest absolute Gasteiger partial charge is 0.298 e. The van der Waals surface area contributed by atoms with E-state index in [2.05, 4.69) is 4.98 Å². The van der Waals surface area contributed by atoms with Crippen molar-refractivity contribution in [3.05, 3.63) is 28.5 Å². The number of hydrogen-bond donors (Lipinski definition) is 0. The summed E-state index contributed by atoms with van der Waals surface area (Å²) < 4.78 is 0. The monoisotopic (exact) mass is 181 g/mol. The molecule has 0 radical (unpaired) electrons. The molecule has 1 aromatic rings. The molecule has 1 heterocycles. The van der Waals surface area contributed by atoms with Crippen LogP contribution in [0.1, 0.15) is 34.7 Å². The summed E-state index contributed by atoms with van der Waals surface area (Å²) in [7, 11) is 0. The molecule has 1 aliphatic carbocycles. The number of hydrogen-bond acceptors (Lipinski definition) is 2. The van der Waals surface area contributed by atoms with E-state index in [1.165, 1.54) is 12.8 Å². The fourth-order valence-electron chi connectivity index (χ4n) is 1.30. The number of pyridine rings is 1. The first-order valence-corrected chi connectivity index (χ1v) is 4.29. The minimum Gasteiger partial charge on any atom is -0.298 e. The van der Waals surface area contributed by atoms with Gasteiger partial charge in [-0.3, -0.25) is 4.79 Å². The number of nitrogens with zero attached hydrogens (tertiary/aromatic N) is 1. The zero-order valence-electron chi connectivity index (χ0n) is 6.46. The lowest BCUT2D eigenvalue weighted by Gasteiger charge is -2.01. The Balaban J connectivity index is 2.46. The number of halogens is 1. The molecule has 0 N–H and O–H groups in total. The molecule has 0 saturated heterocycles. The highest BCUT2D eigenvalue weighted by Gasteiger charge is 2.26. The third kappa shape index (κ3) is 1.34. The minimum absolute atomic E-state index is 0.475. The van der Waals surface area contributed by atoms with Gasteiger partial charge < -0.3 is 0 Å². The maximum absolute atomic E-state index is 10.6. The molecule has 1 fully saturated rings. The van der Waals surface area contributed by atoms with Gasteiger partial charge in [0.15, 0.2) is 6.29 Å². The van der Waals surface area contributed by atoms with E-state index in [9.17, 15) is 4.79 Å². The van der Waals surface area contributed by atoms with Crippen LogP contribution in [-0.2, 0) is 0 Å². The molecule has 1 aromatic heterocycles. The van der Waals surface area contributed by atoms with E-state index in [0.29, 0.717) is 16.6 Å². The van der Waals surface area contributed by atoms with E-state index in [1.54, 1.807) is 12.3 Å².